The number of hydrogen-bond donors (Lipinski definition) is 1. The molecule has 2 aliphatic rings. The number of phosphoric acid groups is 1. The Morgan fingerprint density at radius 3 is 2.76 bits per heavy atom. The predicted molar refractivity (Wildman–Crippen MR) is 113 cm³/mol. The number of phosphoric ester groups is 1. The van der Waals surface area contributed by atoms with Gasteiger partial charge in [0, 0.05) is 12.8 Å². The smallest absolute Gasteiger partial charge is 0.306 e. The van der Waals surface area contributed by atoms with Gasteiger partial charge in [0.25, 0.3) is 7.82 Å². The van der Waals surface area contributed by atoms with Gasteiger partial charge in [0.2, 0.25) is 5.91 Å². The van der Waals surface area contributed by atoms with Crippen LogP contribution in [0.2, 0.25) is 0 Å². The molecular weight excluding hydrogens is 457 g/mol. The summed E-state index contributed by atoms with van der Waals surface area (Å²) in [7, 11) is -4.55. The summed E-state index contributed by atoms with van der Waals surface area (Å²) in [6.07, 6.45) is 0.404. The van der Waals surface area contributed by atoms with Crippen LogP contribution in [0.15, 0.2) is 12.7 Å². The Balaban J connectivity index is 0.00000306. The number of rotatable bonds is 7. The predicted octanol–water partition coefficient (Wildman–Crippen LogP) is 1.69. The van der Waals surface area contributed by atoms with Gasteiger partial charge in [-0.2, -0.15) is 0 Å². The first-order valence-corrected chi connectivity index (χ1v) is 11.7. The fourth-order valence-corrected chi connectivity index (χ4v) is 4.57. The number of fused-ring (bicyclic) bond motifs is 2. The van der Waals surface area contributed by atoms with Crippen molar-refractivity contribution in [3.8, 4) is 0 Å². The Kier molecular flexibility index (Phi) is 7.80. The molecule has 0 saturated carbocycles. The van der Waals surface area contributed by atoms with Crippen LogP contribution in [0, 0.1) is 0 Å². The topological polar surface area (TPSA) is 167 Å². The molecular formula is C19H27N5O8P-. The molecule has 5 atom stereocenters. The lowest BCUT2D eigenvalue weighted by molar-refractivity contribution is -0.246. The molecule has 2 aromatic rings. The zero-order valence-corrected chi connectivity index (χ0v) is 18.4. The van der Waals surface area contributed by atoms with Gasteiger partial charge < -0.3 is 28.7 Å². The number of hydrogen-bond acceptors (Lipinski definition) is 11. The second-order valence-corrected chi connectivity index (χ2v) is 8.79. The van der Waals surface area contributed by atoms with E-state index in [1.165, 1.54) is 17.2 Å². The van der Waals surface area contributed by atoms with Gasteiger partial charge in [0.05, 0.1) is 12.9 Å². The maximum atomic E-state index is 12.2. The molecule has 2 aliphatic heterocycles. The molecule has 0 spiro atoms. The Hall–Kier alpha value is -2.44. The summed E-state index contributed by atoms with van der Waals surface area (Å²) in [5, 5.41) is 2.70. The molecule has 2 saturated heterocycles. The van der Waals surface area contributed by atoms with Crippen molar-refractivity contribution < 1.29 is 37.6 Å². The molecule has 2 aromatic heterocycles. The maximum Gasteiger partial charge on any atom is 0.306 e. The summed E-state index contributed by atoms with van der Waals surface area (Å²) in [6, 6.07) is 0. The van der Waals surface area contributed by atoms with Gasteiger partial charge in [-0.15, -0.1) is 0 Å². The van der Waals surface area contributed by atoms with Crippen LogP contribution in [0.4, 0.5) is 5.82 Å². The average molecular weight is 484 g/mol. The number of aromatic nitrogens is 4. The third-order valence-electron chi connectivity index (χ3n) is 5.02. The van der Waals surface area contributed by atoms with Crippen molar-refractivity contribution in [2.45, 2.75) is 71.5 Å². The van der Waals surface area contributed by atoms with Crippen molar-refractivity contribution in [3.05, 3.63) is 12.7 Å². The van der Waals surface area contributed by atoms with Crippen molar-refractivity contribution >= 4 is 36.7 Å². The second kappa shape index (κ2) is 10.2. The summed E-state index contributed by atoms with van der Waals surface area (Å²) in [4.78, 5) is 48.7. The average Bonchev–Trinajstić information content (AvgIpc) is 3.30. The standard InChI is InChI=1S/C18H24N5O8P.CH4/c1-3-5-11(24)22-16-13-17(20-8-19-16)23(9-21-13)18-15(30-12(25)6-4-2)14-10(29-18)7-28-32(26,27)31-14;/h8-10,14-15,18H,3-7H2,1-2H3,(H,26,27)(H,19,20,22,24);1H4/p-1/t10-,14-,15-,18-;/m1./s1. The number of amides is 1. The molecule has 0 aliphatic carbocycles. The highest BCUT2D eigenvalue weighted by Crippen LogP contribution is 2.50. The first kappa shape index (κ1) is 25.2. The van der Waals surface area contributed by atoms with Crippen LogP contribution in [-0.2, 0) is 32.7 Å². The molecule has 4 rings (SSSR count). The van der Waals surface area contributed by atoms with E-state index >= 15 is 0 Å². The van der Waals surface area contributed by atoms with Crippen molar-refractivity contribution in [2.24, 2.45) is 0 Å². The first-order valence-electron chi connectivity index (χ1n) is 10.3. The van der Waals surface area contributed by atoms with Crippen molar-refractivity contribution in [3.63, 3.8) is 0 Å². The van der Waals surface area contributed by atoms with Gasteiger partial charge in [-0.25, -0.2) is 15.0 Å². The molecule has 0 radical (unpaired) electrons. The summed E-state index contributed by atoms with van der Waals surface area (Å²) in [5.74, 6) is -0.506. The Morgan fingerprint density at radius 2 is 2.03 bits per heavy atom. The number of carbonyl (C=O) groups excluding carboxylic acids is 2. The maximum absolute atomic E-state index is 12.2. The van der Waals surface area contributed by atoms with Gasteiger partial charge in [0.15, 0.2) is 29.3 Å². The van der Waals surface area contributed by atoms with Gasteiger partial charge in [0.1, 0.15) is 18.5 Å². The van der Waals surface area contributed by atoms with Crippen molar-refractivity contribution in [2.75, 3.05) is 11.9 Å². The van der Waals surface area contributed by atoms with E-state index in [0.29, 0.717) is 30.4 Å². The minimum Gasteiger partial charge on any atom is -0.756 e. The third kappa shape index (κ3) is 5.22. The van der Waals surface area contributed by atoms with E-state index in [2.05, 4.69) is 20.3 Å². The van der Waals surface area contributed by atoms with Crippen LogP contribution >= 0.6 is 7.82 Å². The molecule has 182 valence electrons. The van der Waals surface area contributed by atoms with Crippen LogP contribution in [-0.4, -0.2) is 56.3 Å². The number of imidazole rings is 1. The number of carbonyl (C=O) groups is 2. The molecule has 14 heteroatoms. The SMILES string of the molecule is C.CCCC(=O)Nc1ncnc2c1ncn2[C@@H]1O[C@@H]2COP(=O)([O-])O[C@H]2[C@H]1OC(=O)CCC. The van der Waals surface area contributed by atoms with Gasteiger partial charge in [-0.1, -0.05) is 21.3 Å². The van der Waals surface area contributed by atoms with E-state index in [9.17, 15) is 19.0 Å². The lowest BCUT2D eigenvalue weighted by atomic mass is 10.1. The van der Waals surface area contributed by atoms with Gasteiger partial charge >= 0.3 is 5.97 Å². The summed E-state index contributed by atoms with van der Waals surface area (Å²) in [6.45, 7) is 3.43. The number of anilines is 1. The number of esters is 1. The minimum absolute atomic E-state index is 0. The van der Waals surface area contributed by atoms with Crippen LogP contribution in [0.1, 0.15) is 53.2 Å². The minimum atomic E-state index is -4.55. The Bertz CT molecular complexity index is 1060. The first-order chi connectivity index (χ1) is 15.3. The molecule has 1 amide bonds. The fraction of sp³-hybridized carbons (Fsp3) is 0.632. The van der Waals surface area contributed by atoms with E-state index in [0.717, 1.165) is 0 Å². The molecule has 2 fully saturated rings. The molecule has 1 unspecified atom stereocenters. The van der Waals surface area contributed by atoms with Crippen LogP contribution in [0.5, 0.6) is 0 Å². The molecule has 13 nitrogen and oxygen atoms in total. The van der Waals surface area contributed by atoms with E-state index < -0.39 is 38.3 Å². The van der Waals surface area contributed by atoms with E-state index in [-0.39, 0.29) is 32.2 Å². The summed E-state index contributed by atoms with van der Waals surface area (Å²) in [5.41, 5.74) is 0.610. The molecule has 1 N–H and O–H groups in total. The molecule has 0 bridgehead atoms. The second-order valence-electron chi connectivity index (χ2n) is 7.43. The van der Waals surface area contributed by atoms with Gasteiger partial charge in [-0.3, -0.25) is 18.7 Å². The number of ether oxygens (including phenoxy) is 2. The van der Waals surface area contributed by atoms with Crippen LogP contribution < -0.4 is 10.2 Å². The van der Waals surface area contributed by atoms with E-state index in [1.807, 2.05) is 13.8 Å². The van der Waals surface area contributed by atoms with Gasteiger partial charge in [-0.05, 0) is 12.8 Å². The van der Waals surface area contributed by atoms with Crippen LogP contribution in [0.3, 0.4) is 0 Å². The highest BCUT2D eigenvalue weighted by molar-refractivity contribution is 7.45. The highest BCUT2D eigenvalue weighted by atomic mass is 31.2. The third-order valence-corrected chi connectivity index (χ3v) is 5.99. The quantitative estimate of drug-likeness (QED) is 0.449. The lowest BCUT2D eigenvalue weighted by Gasteiger charge is -2.35. The van der Waals surface area contributed by atoms with Crippen molar-refractivity contribution in [1.29, 1.82) is 0 Å². The highest BCUT2D eigenvalue weighted by Gasteiger charge is 2.53. The molecule has 0 aromatic carbocycles. The zero-order valence-electron chi connectivity index (χ0n) is 17.5. The van der Waals surface area contributed by atoms with E-state index in [4.69, 9.17) is 18.5 Å². The Morgan fingerprint density at radius 1 is 1.27 bits per heavy atom. The largest absolute Gasteiger partial charge is 0.756 e. The molecule has 33 heavy (non-hydrogen) atoms. The Labute approximate surface area is 190 Å². The van der Waals surface area contributed by atoms with Crippen molar-refractivity contribution in [1.82, 2.24) is 19.5 Å². The molecule has 4 heterocycles. The van der Waals surface area contributed by atoms with E-state index in [1.54, 1.807) is 0 Å². The normalized spacial score (nSPS) is 28.7. The summed E-state index contributed by atoms with van der Waals surface area (Å²) < 4.78 is 34.7. The summed E-state index contributed by atoms with van der Waals surface area (Å²) >= 11 is 0. The number of nitrogens with zero attached hydrogens (tertiary/aromatic N) is 4. The monoisotopic (exact) mass is 484 g/mol. The fourth-order valence-electron chi connectivity index (χ4n) is 3.63. The lowest BCUT2D eigenvalue weighted by Crippen LogP contribution is -2.43. The number of nitrogens with one attached hydrogen (secondary N) is 1. The van der Waals surface area contributed by atoms with Crippen LogP contribution in [0.25, 0.3) is 11.2 Å². The zero-order chi connectivity index (χ0) is 22.9.